The Hall–Kier alpha value is -5.60. The van der Waals surface area contributed by atoms with Gasteiger partial charge >= 0.3 is 0 Å². The molecule has 0 amide bonds. The predicted octanol–water partition coefficient (Wildman–Crippen LogP) is 10.7. The summed E-state index contributed by atoms with van der Waals surface area (Å²) in [6, 6.07) is 57.2. The van der Waals surface area contributed by atoms with Gasteiger partial charge in [-0.3, -0.25) is 0 Å². The Labute approximate surface area is 243 Å². The molecular weight excluding hydrogens is 508 g/mol. The molecular formula is C40H26N2. The zero-order valence-corrected chi connectivity index (χ0v) is 22.9. The smallest absolute Gasteiger partial charge is 0.0541 e. The standard InChI is InChI=1S/C40H26N2/c1-2-12-31-28(10-1)11-9-19-36(31)42-39-18-8-5-15-34(39)35-26-29(22-25-40(35)42)27-20-23-30(24-21-27)41-37-16-6-3-13-32(37)33-14-4-7-17-38(33)41/h1-26H. The van der Waals surface area contributed by atoms with E-state index in [2.05, 4.69) is 167 Å². The number of benzene rings is 7. The fourth-order valence-electron chi connectivity index (χ4n) is 6.82. The number of fused-ring (bicyclic) bond motifs is 7. The average Bonchev–Trinajstić information content (AvgIpc) is 3.57. The van der Waals surface area contributed by atoms with E-state index < -0.39 is 0 Å². The van der Waals surface area contributed by atoms with Crippen molar-refractivity contribution >= 4 is 54.4 Å². The summed E-state index contributed by atoms with van der Waals surface area (Å²) in [5.74, 6) is 0. The highest BCUT2D eigenvalue weighted by atomic mass is 15.0. The lowest BCUT2D eigenvalue weighted by Gasteiger charge is -2.12. The van der Waals surface area contributed by atoms with Gasteiger partial charge in [0.2, 0.25) is 0 Å². The second kappa shape index (κ2) is 8.95. The third kappa shape index (κ3) is 3.33. The van der Waals surface area contributed by atoms with Crippen LogP contribution in [0.15, 0.2) is 158 Å². The number of para-hydroxylation sites is 3. The van der Waals surface area contributed by atoms with Crippen molar-refractivity contribution in [2.24, 2.45) is 0 Å². The van der Waals surface area contributed by atoms with Crippen LogP contribution >= 0.6 is 0 Å². The molecule has 2 heteroatoms. The molecule has 2 nitrogen and oxygen atoms in total. The summed E-state index contributed by atoms with van der Waals surface area (Å²) in [5, 5.41) is 7.61. The molecule has 0 aliphatic carbocycles. The van der Waals surface area contributed by atoms with Crippen LogP contribution in [0, 0.1) is 0 Å². The summed E-state index contributed by atoms with van der Waals surface area (Å²) < 4.78 is 4.79. The minimum Gasteiger partial charge on any atom is -0.309 e. The lowest BCUT2D eigenvalue weighted by Crippen LogP contribution is -1.95. The van der Waals surface area contributed by atoms with E-state index in [-0.39, 0.29) is 0 Å². The first-order chi connectivity index (χ1) is 20.8. The SMILES string of the molecule is c1ccc2c(-n3c4ccccc4c4cc(-c5ccc(-n6c7ccccc7c7ccccc76)cc5)ccc43)cccc2c1. The summed E-state index contributed by atoms with van der Waals surface area (Å²) in [4.78, 5) is 0. The van der Waals surface area contributed by atoms with Crippen LogP contribution in [0.1, 0.15) is 0 Å². The van der Waals surface area contributed by atoms with Crippen LogP contribution in [0.4, 0.5) is 0 Å². The average molecular weight is 535 g/mol. The van der Waals surface area contributed by atoms with E-state index in [4.69, 9.17) is 0 Å². The molecule has 0 bridgehead atoms. The van der Waals surface area contributed by atoms with Gasteiger partial charge in [-0.2, -0.15) is 0 Å². The first-order valence-electron chi connectivity index (χ1n) is 14.5. The van der Waals surface area contributed by atoms with Crippen LogP contribution < -0.4 is 0 Å². The highest BCUT2D eigenvalue weighted by molar-refractivity contribution is 6.12. The molecule has 0 N–H and O–H groups in total. The van der Waals surface area contributed by atoms with Gasteiger partial charge in [0.05, 0.1) is 27.8 Å². The van der Waals surface area contributed by atoms with Gasteiger partial charge in [0, 0.05) is 32.6 Å². The molecule has 2 heterocycles. The molecule has 7 aromatic carbocycles. The predicted molar refractivity (Wildman–Crippen MR) is 178 cm³/mol. The molecule has 196 valence electrons. The molecule has 9 aromatic rings. The van der Waals surface area contributed by atoms with E-state index in [0.29, 0.717) is 0 Å². The van der Waals surface area contributed by atoms with Gasteiger partial charge in [0.1, 0.15) is 0 Å². The summed E-state index contributed by atoms with van der Waals surface area (Å²) in [6.45, 7) is 0. The zero-order valence-electron chi connectivity index (χ0n) is 22.9. The maximum atomic E-state index is 2.42. The molecule has 0 atom stereocenters. The van der Waals surface area contributed by atoms with E-state index in [1.165, 1.54) is 76.9 Å². The van der Waals surface area contributed by atoms with Crippen molar-refractivity contribution in [2.75, 3.05) is 0 Å². The van der Waals surface area contributed by atoms with Crippen LogP contribution in [-0.2, 0) is 0 Å². The minimum absolute atomic E-state index is 1.17. The highest BCUT2D eigenvalue weighted by Gasteiger charge is 2.15. The van der Waals surface area contributed by atoms with Crippen LogP contribution in [0.2, 0.25) is 0 Å². The Morgan fingerprint density at radius 2 is 0.810 bits per heavy atom. The van der Waals surface area contributed by atoms with Crippen molar-refractivity contribution < 1.29 is 0 Å². The maximum Gasteiger partial charge on any atom is 0.0541 e. The number of aromatic nitrogens is 2. The molecule has 0 spiro atoms. The minimum atomic E-state index is 1.17. The molecule has 0 fully saturated rings. The first-order valence-corrected chi connectivity index (χ1v) is 14.5. The number of nitrogens with zero attached hydrogens (tertiary/aromatic N) is 2. The summed E-state index contributed by atoms with van der Waals surface area (Å²) in [5.41, 5.74) is 9.72. The van der Waals surface area contributed by atoms with Gasteiger partial charge in [0.25, 0.3) is 0 Å². The highest BCUT2D eigenvalue weighted by Crippen LogP contribution is 2.37. The van der Waals surface area contributed by atoms with E-state index in [1.807, 2.05) is 0 Å². The van der Waals surface area contributed by atoms with Crippen LogP contribution in [0.5, 0.6) is 0 Å². The summed E-state index contributed by atoms with van der Waals surface area (Å²) >= 11 is 0. The van der Waals surface area contributed by atoms with Crippen LogP contribution in [0.3, 0.4) is 0 Å². The van der Waals surface area contributed by atoms with Gasteiger partial charge in [-0.1, -0.05) is 109 Å². The van der Waals surface area contributed by atoms with Crippen molar-refractivity contribution in [2.45, 2.75) is 0 Å². The Bertz CT molecular complexity index is 2400. The zero-order chi connectivity index (χ0) is 27.6. The van der Waals surface area contributed by atoms with E-state index in [9.17, 15) is 0 Å². The van der Waals surface area contributed by atoms with E-state index in [1.54, 1.807) is 0 Å². The quantitative estimate of drug-likeness (QED) is 0.213. The number of hydrogen-bond donors (Lipinski definition) is 0. The maximum absolute atomic E-state index is 2.42. The van der Waals surface area contributed by atoms with E-state index in [0.717, 1.165) is 0 Å². The molecule has 9 rings (SSSR count). The topological polar surface area (TPSA) is 9.86 Å². The van der Waals surface area contributed by atoms with E-state index >= 15 is 0 Å². The van der Waals surface area contributed by atoms with Crippen molar-refractivity contribution in [1.82, 2.24) is 9.13 Å². The van der Waals surface area contributed by atoms with Crippen molar-refractivity contribution in [3.63, 3.8) is 0 Å². The molecule has 0 aliphatic heterocycles. The molecule has 42 heavy (non-hydrogen) atoms. The Kier molecular flexibility index (Phi) is 4.93. The van der Waals surface area contributed by atoms with Crippen LogP contribution in [0.25, 0.3) is 76.9 Å². The van der Waals surface area contributed by atoms with Crippen molar-refractivity contribution in [3.8, 4) is 22.5 Å². The summed E-state index contributed by atoms with van der Waals surface area (Å²) in [7, 11) is 0. The molecule has 0 unspecified atom stereocenters. The third-order valence-corrected chi connectivity index (χ3v) is 8.72. The lowest BCUT2D eigenvalue weighted by atomic mass is 10.0. The largest absolute Gasteiger partial charge is 0.309 e. The Morgan fingerprint density at radius 1 is 0.310 bits per heavy atom. The fraction of sp³-hybridized carbons (Fsp3) is 0. The van der Waals surface area contributed by atoms with Gasteiger partial charge in [0.15, 0.2) is 0 Å². The van der Waals surface area contributed by atoms with Gasteiger partial charge in [-0.05, 0) is 65.0 Å². The monoisotopic (exact) mass is 534 g/mol. The van der Waals surface area contributed by atoms with Crippen molar-refractivity contribution in [3.05, 3.63) is 158 Å². The Morgan fingerprint density at radius 3 is 1.50 bits per heavy atom. The van der Waals surface area contributed by atoms with Gasteiger partial charge in [-0.25, -0.2) is 0 Å². The normalized spacial score (nSPS) is 11.8. The lowest BCUT2D eigenvalue weighted by molar-refractivity contribution is 1.18. The fourth-order valence-corrected chi connectivity index (χ4v) is 6.82. The second-order valence-corrected chi connectivity index (χ2v) is 11.0. The van der Waals surface area contributed by atoms with Crippen LogP contribution in [-0.4, -0.2) is 9.13 Å². The number of hydrogen-bond acceptors (Lipinski definition) is 0. The second-order valence-electron chi connectivity index (χ2n) is 11.0. The van der Waals surface area contributed by atoms with Gasteiger partial charge in [-0.15, -0.1) is 0 Å². The van der Waals surface area contributed by atoms with Gasteiger partial charge < -0.3 is 9.13 Å². The molecule has 0 radical (unpaired) electrons. The molecule has 0 saturated heterocycles. The third-order valence-electron chi connectivity index (χ3n) is 8.72. The number of rotatable bonds is 3. The summed E-state index contributed by atoms with van der Waals surface area (Å²) in [6.07, 6.45) is 0. The first kappa shape index (κ1) is 23.1. The van der Waals surface area contributed by atoms with Crippen molar-refractivity contribution in [1.29, 1.82) is 0 Å². The molecule has 0 saturated carbocycles. The molecule has 2 aromatic heterocycles. The Balaban J connectivity index is 1.20. The molecule has 0 aliphatic rings.